The first-order chi connectivity index (χ1) is 14.7. The first-order valence-corrected chi connectivity index (χ1v) is 10.6. The zero-order valence-electron chi connectivity index (χ0n) is 15.9. The molecule has 3 heterocycles. The Bertz CT molecular complexity index is 1160. The van der Waals surface area contributed by atoms with Gasteiger partial charge in [-0.25, -0.2) is 9.07 Å². The molecule has 30 heavy (non-hydrogen) atoms. The third-order valence-electron chi connectivity index (χ3n) is 5.03. The quantitative estimate of drug-likeness (QED) is 0.454. The van der Waals surface area contributed by atoms with Gasteiger partial charge in [0, 0.05) is 11.8 Å². The molecule has 1 unspecified atom stereocenters. The van der Waals surface area contributed by atoms with Gasteiger partial charge in [0.1, 0.15) is 22.6 Å². The predicted molar refractivity (Wildman–Crippen MR) is 113 cm³/mol. The van der Waals surface area contributed by atoms with Crippen molar-refractivity contribution in [1.82, 2.24) is 14.7 Å². The molecule has 150 valence electrons. The molecular weight excluding hydrogens is 401 g/mol. The van der Waals surface area contributed by atoms with Gasteiger partial charge in [-0.05, 0) is 42.0 Å². The smallest absolute Gasteiger partial charge is 0.234 e. The van der Waals surface area contributed by atoms with Crippen LogP contribution < -0.4 is 0 Å². The van der Waals surface area contributed by atoms with E-state index < -0.39 is 0 Å². The second kappa shape index (κ2) is 7.84. The van der Waals surface area contributed by atoms with E-state index in [9.17, 15) is 9.18 Å². The first kappa shape index (κ1) is 18.7. The lowest BCUT2D eigenvalue weighted by Gasteiger charge is -2.22. The summed E-state index contributed by atoms with van der Waals surface area (Å²) in [6, 6.07) is 19.8. The number of hydrogen-bond acceptors (Lipinski definition) is 4. The van der Waals surface area contributed by atoms with Gasteiger partial charge in [-0.2, -0.15) is 5.10 Å². The van der Waals surface area contributed by atoms with Crippen LogP contribution in [0.4, 0.5) is 4.39 Å². The molecule has 0 spiro atoms. The topological polar surface area (TPSA) is 51.3 Å². The van der Waals surface area contributed by atoms with Gasteiger partial charge in [0.15, 0.2) is 0 Å². The van der Waals surface area contributed by atoms with E-state index >= 15 is 0 Å². The molecule has 5 rings (SSSR count). The van der Waals surface area contributed by atoms with E-state index in [0.29, 0.717) is 12.3 Å². The Kier molecular flexibility index (Phi) is 4.88. The van der Waals surface area contributed by atoms with Crippen molar-refractivity contribution in [3.8, 4) is 16.8 Å². The van der Waals surface area contributed by atoms with Crippen molar-refractivity contribution in [3.05, 3.63) is 96.5 Å². The minimum Gasteiger partial charge on any atom is -0.467 e. The van der Waals surface area contributed by atoms with E-state index in [4.69, 9.17) is 9.52 Å². The second-order valence-corrected chi connectivity index (χ2v) is 8.05. The number of carbonyl (C=O) groups excluding carboxylic acids is 1. The number of rotatable bonds is 5. The van der Waals surface area contributed by atoms with Gasteiger partial charge in [0.25, 0.3) is 0 Å². The number of hydrogen-bond donors (Lipinski definition) is 0. The fourth-order valence-electron chi connectivity index (χ4n) is 3.56. The monoisotopic (exact) mass is 419 g/mol. The van der Waals surface area contributed by atoms with Crippen molar-refractivity contribution in [2.75, 3.05) is 5.75 Å². The van der Waals surface area contributed by atoms with Crippen molar-refractivity contribution >= 4 is 17.7 Å². The summed E-state index contributed by atoms with van der Waals surface area (Å²) in [7, 11) is 0. The van der Waals surface area contributed by atoms with Gasteiger partial charge >= 0.3 is 0 Å². The first-order valence-electron chi connectivity index (χ1n) is 9.53. The molecular formula is C23H18FN3O2S. The number of thioether (sulfide) groups is 1. The maximum absolute atomic E-state index is 13.5. The third-order valence-corrected chi connectivity index (χ3v) is 6.23. The molecule has 1 saturated heterocycles. The van der Waals surface area contributed by atoms with Gasteiger partial charge in [-0.1, -0.05) is 30.3 Å². The summed E-state index contributed by atoms with van der Waals surface area (Å²) in [6.45, 7) is 0.380. The van der Waals surface area contributed by atoms with Crippen molar-refractivity contribution in [2.45, 2.75) is 11.9 Å². The molecule has 0 N–H and O–H groups in total. The molecule has 0 saturated carbocycles. The van der Waals surface area contributed by atoms with Gasteiger partial charge in [0.2, 0.25) is 5.91 Å². The highest BCUT2D eigenvalue weighted by Gasteiger charge is 2.37. The SMILES string of the molecule is O=C1CSC(c2nn(-c3ccccc3)cc2-c2ccc(F)cc2)N1Cc1ccco1. The van der Waals surface area contributed by atoms with Crippen molar-refractivity contribution in [3.63, 3.8) is 0 Å². The zero-order valence-corrected chi connectivity index (χ0v) is 16.8. The zero-order chi connectivity index (χ0) is 20.5. The summed E-state index contributed by atoms with van der Waals surface area (Å²) in [6.07, 6.45) is 3.54. The number of benzene rings is 2. The lowest BCUT2D eigenvalue weighted by Crippen LogP contribution is -2.28. The van der Waals surface area contributed by atoms with Crippen LogP contribution in [0.5, 0.6) is 0 Å². The molecule has 0 radical (unpaired) electrons. The molecule has 1 fully saturated rings. The Morgan fingerprint density at radius 2 is 1.87 bits per heavy atom. The standard InChI is InChI=1S/C23H18FN3O2S/c24-17-10-8-16(9-11-17)20-14-27(18-5-2-1-3-6-18)25-22(20)23-26(21(28)15-30-23)13-19-7-4-12-29-19/h1-12,14,23H,13,15H2. The minimum absolute atomic E-state index is 0.0423. The minimum atomic E-state index is -0.291. The normalized spacial score (nSPS) is 16.4. The van der Waals surface area contributed by atoms with Crippen molar-refractivity contribution in [1.29, 1.82) is 0 Å². The number of halogens is 1. The molecule has 1 aliphatic rings. The highest BCUT2D eigenvalue weighted by molar-refractivity contribution is 8.00. The Balaban J connectivity index is 1.59. The molecule has 2 aromatic heterocycles. The number of nitrogens with zero attached hydrogens (tertiary/aromatic N) is 3. The Hall–Kier alpha value is -3.32. The van der Waals surface area contributed by atoms with Crippen LogP contribution in [0.15, 0.2) is 83.6 Å². The Morgan fingerprint density at radius 1 is 1.07 bits per heavy atom. The van der Waals surface area contributed by atoms with E-state index in [2.05, 4.69) is 0 Å². The molecule has 0 aliphatic carbocycles. The van der Waals surface area contributed by atoms with Crippen LogP contribution in [0, 0.1) is 5.82 Å². The average molecular weight is 419 g/mol. The van der Waals surface area contributed by atoms with Crippen molar-refractivity contribution < 1.29 is 13.6 Å². The number of para-hydroxylation sites is 1. The summed E-state index contributed by atoms with van der Waals surface area (Å²) in [5, 5.41) is 4.60. The van der Waals surface area contributed by atoms with Crippen LogP contribution in [-0.4, -0.2) is 26.3 Å². The van der Waals surface area contributed by atoms with Gasteiger partial charge in [-0.3, -0.25) is 4.79 Å². The summed E-state index contributed by atoms with van der Waals surface area (Å²) in [4.78, 5) is 14.4. The highest BCUT2D eigenvalue weighted by Crippen LogP contribution is 2.43. The van der Waals surface area contributed by atoms with Crippen LogP contribution in [0.3, 0.4) is 0 Å². The number of carbonyl (C=O) groups is 1. The van der Waals surface area contributed by atoms with Crippen molar-refractivity contribution in [2.24, 2.45) is 0 Å². The lowest BCUT2D eigenvalue weighted by atomic mass is 10.1. The summed E-state index contributed by atoms with van der Waals surface area (Å²) in [5.41, 5.74) is 3.41. The van der Waals surface area contributed by atoms with E-state index in [0.717, 1.165) is 28.3 Å². The lowest BCUT2D eigenvalue weighted by molar-refractivity contribution is -0.128. The highest BCUT2D eigenvalue weighted by atomic mass is 32.2. The Labute approximate surface area is 177 Å². The van der Waals surface area contributed by atoms with Crippen LogP contribution in [-0.2, 0) is 11.3 Å². The maximum Gasteiger partial charge on any atom is 0.234 e. The molecule has 1 aliphatic heterocycles. The third kappa shape index (κ3) is 3.52. The largest absolute Gasteiger partial charge is 0.467 e. The van der Waals surface area contributed by atoms with Crippen LogP contribution in [0.2, 0.25) is 0 Å². The van der Waals surface area contributed by atoms with Gasteiger partial charge < -0.3 is 9.32 Å². The number of amides is 1. The van der Waals surface area contributed by atoms with Crippen LogP contribution >= 0.6 is 11.8 Å². The molecule has 1 amide bonds. The molecule has 4 aromatic rings. The molecule has 1 atom stereocenters. The summed E-state index contributed by atoms with van der Waals surface area (Å²) in [5.74, 6) is 0.856. The predicted octanol–water partition coefficient (Wildman–Crippen LogP) is 5.05. The summed E-state index contributed by atoms with van der Waals surface area (Å²) < 4.78 is 20.8. The fourth-order valence-corrected chi connectivity index (χ4v) is 4.73. The fraction of sp³-hybridized carbons (Fsp3) is 0.130. The van der Waals surface area contributed by atoms with E-state index in [1.165, 1.54) is 23.9 Å². The van der Waals surface area contributed by atoms with Crippen LogP contribution in [0.1, 0.15) is 16.8 Å². The Morgan fingerprint density at radius 3 is 2.60 bits per heavy atom. The molecule has 0 bridgehead atoms. The molecule has 5 nitrogen and oxygen atoms in total. The van der Waals surface area contributed by atoms with E-state index in [-0.39, 0.29) is 17.1 Å². The van der Waals surface area contributed by atoms with Crippen LogP contribution in [0.25, 0.3) is 16.8 Å². The van der Waals surface area contributed by atoms with Gasteiger partial charge in [-0.15, -0.1) is 11.8 Å². The second-order valence-electron chi connectivity index (χ2n) is 6.98. The van der Waals surface area contributed by atoms with E-state index in [1.807, 2.05) is 53.3 Å². The average Bonchev–Trinajstić information content (AvgIpc) is 3.51. The molecule has 7 heteroatoms. The van der Waals surface area contributed by atoms with E-state index in [1.54, 1.807) is 23.3 Å². The number of aromatic nitrogens is 2. The molecule has 2 aromatic carbocycles. The number of furan rings is 1. The summed E-state index contributed by atoms with van der Waals surface area (Å²) >= 11 is 1.54. The maximum atomic E-state index is 13.5. The van der Waals surface area contributed by atoms with Gasteiger partial charge in [0.05, 0.1) is 24.2 Å².